The van der Waals surface area contributed by atoms with Gasteiger partial charge in [0.2, 0.25) is 0 Å². The van der Waals surface area contributed by atoms with Crippen LogP contribution in [-0.4, -0.2) is 13.1 Å². The minimum Gasteiger partial charge on any atom is -0.315 e. The van der Waals surface area contributed by atoms with Crippen LogP contribution in [0.2, 0.25) is 0 Å². The molecule has 0 aliphatic rings. The van der Waals surface area contributed by atoms with Gasteiger partial charge in [0.25, 0.3) is 0 Å². The van der Waals surface area contributed by atoms with Crippen molar-refractivity contribution in [1.82, 2.24) is 5.32 Å². The summed E-state index contributed by atoms with van der Waals surface area (Å²) in [6.07, 6.45) is 0.610. The van der Waals surface area contributed by atoms with Crippen molar-refractivity contribution in [2.75, 3.05) is 13.1 Å². The van der Waals surface area contributed by atoms with Crippen LogP contribution in [0.15, 0.2) is 18.2 Å². The van der Waals surface area contributed by atoms with Crippen molar-refractivity contribution >= 4 is 0 Å². The van der Waals surface area contributed by atoms with Gasteiger partial charge in [0.15, 0.2) is 11.6 Å². The molecule has 0 saturated heterocycles. The summed E-state index contributed by atoms with van der Waals surface area (Å²) in [5.74, 6) is -1.65. The van der Waals surface area contributed by atoms with Crippen LogP contribution in [0.25, 0.3) is 0 Å². The molecule has 0 fully saturated rings. The third-order valence-electron chi connectivity index (χ3n) is 2.44. The second-order valence-electron chi connectivity index (χ2n) is 4.67. The Morgan fingerprint density at radius 2 is 2.00 bits per heavy atom. The number of hydrogen-bond acceptors (Lipinski definition) is 2. The van der Waals surface area contributed by atoms with Gasteiger partial charge in [-0.2, -0.15) is 5.26 Å². The molecule has 2 nitrogen and oxygen atoms in total. The van der Waals surface area contributed by atoms with Gasteiger partial charge in [-0.3, -0.25) is 0 Å². The average Bonchev–Trinajstić information content (AvgIpc) is 2.29. The van der Waals surface area contributed by atoms with Crippen LogP contribution >= 0.6 is 0 Å². The van der Waals surface area contributed by atoms with Crippen LogP contribution in [0.4, 0.5) is 8.78 Å². The van der Waals surface area contributed by atoms with Gasteiger partial charge in [0.05, 0.1) is 11.5 Å². The van der Waals surface area contributed by atoms with Crippen molar-refractivity contribution in [1.29, 1.82) is 5.26 Å². The highest BCUT2D eigenvalue weighted by Crippen LogP contribution is 2.11. The Bertz CT molecular complexity index is 422. The van der Waals surface area contributed by atoms with Crippen LogP contribution in [0.3, 0.4) is 0 Å². The smallest absolute Gasteiger partial charge is 0.159 e. The van der Waals surface area contributed by atoms with Crippen LogP contribution in [-0.2, 0) is 6.42 Å². The van der Waals surface area contributed by atoms with Crippen molar-refractivity contribution in [2.24, 2.45) is 5.41 Å². The maximum absolute atomic E-state index is 12.9. The average molecular weight is 238 g/mol. The third kappa shape index (κ3) is 4.49. The fourth-order valence-corrected chi connectivity index (χ4v) is 1.37. The van der Waals surface area contributed by atoms with Gasteiger partial charge < -0.3 is 5.32 Å². The largest absolute Gasteiger partial charge is 0.315 e. The highest BCUT2D eigenvalue weighted by molar-refractivity contribution is 5.18. The molecule has 0 radical (unpaired) electrons. The Kier molecular flexibility index (Phi) is 4.59. The molecule has 1 aromatic rings. The van der Waals surface area contributed by atoms with E-state index in [1.807, 2.05) is 13.8 Å². The predicted octanol–water partition coefficient (Wildman–Crippen LogP) is 2.65. The molecule has 0 bridgehead atoms. The summed E-state index contributed by atoms with van der Waals surface area (Å²) in [4.78, 5) is 0. The number of nitriles is 1. The highest BCUT2D eigenvalue weighted by atomic mass is 19.2. The molecule has 92 valence electrons. The first kappa shape index (κ1) is 13.6. The first-order valence-electron chi connectivity index (χ1n) is 5.50. The molecule has 17 heavy (non-hydrogen) atoms. The third-order valence-corrected chi connectivity index (χ3v) is 2.44. The molecule has 1 rings (SSSR count). The number of halogens is 2. The first-order chi connectivity index (χ1) is 7.94. The summed E-state index contributed by atoms with van der Waals surface area (Å²) in [6, 6.07) is 6.08. The summed E-state index contributed by atoms with van der Waals surface area (Å²) in [7, 11) is 0. The molecule has 1 N–H and O–H groups in total. The minimum atomic E-state index is -0.827. The Hall–Kier alpha value is -1.47. The van der Waals surface area contributed by atoms with Gasteiger partial charge in [-0.15, -0.1) is 0 Å². The predicted molar refractivity (Wildman–Crippen MR) is 62.3 cm³/mol. The van der Waals surface area contributed by atoms with E-state index in [0.717, 1.165) is 11.6 Å². The molecular formula is C13H16F2N2. The second-order valence-corrected chi connectivity index (χ2v) is 4.67. The van der Waals surface area contributed by atoms with Gasteiger partial charge in [0.1, 0.15) is 0 Å². The summed E-state index contributed by atoms with van der Waals surface area (Å²) in [6.45, 7) is 4.90. The number of nitrogens with zero attached hydrogens (tertiary/aromatic N) is 1. The van der Waals surface area contributed by atoms with Crippen molar-refractivity contribution in [3.8, 4) is 6.07 Å². The zero-order valence-electron chi connectivity index (χ0n) is 10.1. The molecule has 0 atom stereocenters. The van der Waals surface area contributed by atoms with Crippen molar-refractivity contribution in [3.05, 3.63) is 35.4 Å². The molecule has 0 aromatic heterocycles. The fourth-order valence-electron chi connectivity index (χ4n) is 1.37. The number of hydrogen-bond donors (Lipinski definition) is 1. The lowest BCUT2D eigenvalue weighted by molar-refractivity contribution is 0.447. The van der Waals surface area contributed by atoms with Crippen LogP contribution in [0.1, 0.15) is 19.4 Å². The van der Waals surface area contributed by atoms with Crippen molar-refractivity contribution in [3.63, 3.8) is 0 Å². The van der Waals surface area contributed by atoms with Gasteiger partial charge in [0, 0.05) is 6.54 Å². The summed E-state index contributed by atoms with van der Waals surface area (Å²) < 4.78 is 25.6. The maximum Gasteiger partial charge on any atom is 0.159 e. The second kappa shape index (κ2) is 5.74. The number of benzene rings is 1. The van der Waals surface area contributed by atoms with Crippen LogP contribution < -0.4 is 5.32 Å². The Morgan fingerprint density at radius 3 is 2.59 bits per heavy atom. The molecule has 1 aromatic carbocycles. The monoisotopic (exact) mass is 238 g/mol. The van der Waals surface area contributed by atoms with Crippen molar-refractivity contribution < 1.29 is 8.78 Å². The minimum absolute atomic E-state index is 0.409. The van der Waals surface area contributed by atoms with E-state index in [1.165, 1.54) is 6.07 Å². The van der Waals surface area contributed by atoms with E-state index < -0.39 is 17.0 Å². The summed E-state index contributed by atoms with van der Waals surface area (Å²) in [5, 5.41) is 11.9. The molecular weight excluding hydrogens is 222 g/mol. The standard InChI is InChI=1S/C13H16F2N2/c1-13(2,8-16)9-17-6-5-10-3-4-11(14)12(15)7-10/h3-4,7,17H,5-6,9H2,1-2H3. The van der Waals surface area contributed by atoms with E-state index in [-0.39, 0.29) is 0 Å². The normalized spacial score (nSPS) is 11.2. The Morgan fingerprint density at radius 1 is 1.29 bits per heavy atom. The Labute approximate surface area is 100 Å². The molecule has 0 aliphatic carbocycles. The molecule has 0 amide bonds. The zero-order valence-corrected chi connectivity index (χ0v) is 10.1. The van der Waals surface area contributed by atoms with Gasteiger partial charge in [-0.05, 0) is 44.5 Å². The molecule has 0 aliphatic heterocycles. The highest BCUT2D eigenvalue weighted by Gasteiger charge is 2.15. The SMILES string of the molecule is CC(C)(C#N)CNCCc1ccc(F)c(F)c1. The maximum atomic E-state index is 12.9. The molecule has 4 heteroatoms. The van der Waals surface area contributed by atoms with Crippen LogP contribution in [0.5, 0.6) is 0 Å². The van der Waals surface area contributed by atoms with E-state index >= 15 is 0 Å². The molecule has 0 unspecified atom stereocenters. The summed E-state index contributed by atoms with van der Waals surface area (Å²) in [5.41, 5.74) is 0.333. The topological polar surface area (TPSA) is 35.8 Å². The molecule has 0 heterocycles. The van der Waals surface area contributed by atoms with E-state index in [0.29, 0.717) is 19.5 Å². The lowest BCUT2D eigenvalue weighted by Gasteiger charge is -2.15. The number of rotatable bonds is 5. The number of nitrogens with one attached hydrogen (secondary N) is 1. The lowest BCUT2D eigenvalue weighted by Crippen LogP contribution is -2.29. The molecule has 0 spiro atoms. The van der Waals surface area contributed by atoms with Crippen LogP contribution in [0, 0.1) is 28.4 Å². The van der Waals surface area contributed by atoms with E-state index in [1.54, 1.807) is 6.07 Å². The Balaban J connectivity index is 2.37. The first-order valence-corrected chi connectivity index (χ1v) is 5.50. The van der Waals surface area contributed by atoms with E-state index in [2.05, 4.69) is 11.4 Å². The van der Waals surface area contributed by atoms with Gasteiger partial charge in [-0.1, -0.05) is 6.07 Å². The van der Waals surface area contributed by atoms with E-state index in [9.17, 15) is 8.78 Å². The van der Waals surface area contributed by atoms with Crippen molar-refractivity contribution in [2.45, 2.75) is 20.3 Å². The zero-order chi connectivity index (χ0) is 12.9. The van der Waals surface area contributed by atoms with E-state index in [4.69, 9.17) is 5.26 Å². The summed E-state index contributed by atoms with van der Waals surface area (Å²) >= 11 is 0. The lowest BCUT2D eigenvalue weighted by atomic mass is 9.96. The van der Waals surface area contributed by atoms with Gasteiger partial charge in [-0.25, -0.2) is 8.78 Å². The quantitative estimate of drug-likeness (QED) is 0.800. The molecule has 0 saturated carbocycles. The van der Waals surface area contributed by atoms with Gasteiger partial charge >= 0.3 is 0 Å². The fraction of sp³-hybridized carbons (Fsp3) is 0.462.